The van der Waals surface area contributed by atoms with Gasteiger partial charge in [0.1, 0.15) is 0 Å². The quantitative estimate of drug-likeness (QED) is 0.440. The zero-order valence-corrected chi connectivity index (χ0v) is 15.9. The van der Waals surface area contributed by atoms with E-state index in [9.17, 15) is 14.9 Å². The molecule has 1 aromatic heterocycles. The standard InChI is InChI=1S/C21H18ClN3O3/c1-2-3-14-4-10-19(23-13-14)15-5-7-16(8-6-15)21(26)24-20-11-9-17(25(27)28)12-18(20)22/h4-13H,2-3H2,1H3,(H,24,26). The number of anilines is 1. The van der Waals surface area contributed by atoms with Crippen LogP contribution in [0, 0.1) is 10.1 Å². The van der Waals surface area contributed by atoms with E-state index in [2.05, 4.69) is 23.3 Å². The molecule has 2 aromatic carbocycles. The first-order valence-electron chi connectivity index (χ1n) is 8.78. The smallest absolute Gasteiger partial charge is 0.271 e. The molecular weight excluding hydrogens is 378 g/mol. The molecule has 0 unspecified atom stereocenters. The van der Waals surface area contributed by atoms with E-state index in [0.717, 1.165) is 24.1 Å². The Kier molecular flexibility index (Phi) is 6.01. The topological polar surface area (TPSA) is 85.1 Å². The summed E-state index contributed by atoms with van der Waals surface area (Å²) in [6, 6.07) is 15.0. The number of aromatic nitrogens is 1. The van der Waals surface area contributed by atoms with E-state index in [1.54, 1.807) is 12.1 Å². The van der Waals surface area contributed by atoms with Crippen LogP contribution in [0.25, 0.3) is 11.3 Å². The van der Waals surface area contributed by atoms with Crippen LogP contribution in [-0.4, -0.2) is 15.8 Å². The lowest BCUT2D eigenvalue weighted by Crippen LogP contribution is -2.12. The number of carbonyl (C=O) groups is 1. The molecule has 7 heteroatoms. The molecule has 1 N–H and O–H groups in total. The number of hydrogen-bond donors (Lipinski definition) is 1. The molecule has 28 heavy (non-hydrogen) atoms. The van der Waals surface area contributed by atoms with E-state index in [1.807, 2.05) is 24.4 Å². The van der Waals surface area contributed by atoms with Crippen LogP contribution in [0.5, 0.6) is 0 Å². The van der Waals surface area contributed by atoms with Gasteiger partial charge in [-0.25, -0.2) is 0 Å². The van der Waals surface area contributed by atoms with E-state index in [-0.39, 0.29) is 16.6 Å². The van der Waals surface area contributed by atoms with Gasteiger partial charge in [0.15, 0.2) is 0 Å². The van der Waals surface area contributed by atoms with Crippen LogP contribution in [0.4, 0.5) is 11.4 Å². The van der Waals surface area contributed by atoms with Gasteiger partial charge < -0.3 is 5.32 Å². The van der Waals surface area contributed by atoms with Gasteiger partial charge in [0.05, 0.1) is 21.3 Å². The van der Waals surface area contributed by atoms with Crippen LogP contribution in [0.2, 0.25) is 5.02 Å². The lowest BCUT2D eigenvalue weighted by molar-refractivity contribution is -0.384. The average molecular weight is 396 g/mol. The predicted octanol–water partition coefficient (Wildman–Crippen LogP) is 5.52. The number of halogens is 1. The Bertz CT molecular complexity index is 1000. The lowest BCUT2D eigenvalue weighted by Gasteiger charge is -2.08. The Balaban J connectivity index is 1.72. The predicted molar refractivity (Wildman–Crippen MR) is 110 cm³/mol. The van der Waals surface area contributed by atoms with Gasteiger partial charge in [0.25, 0.3) is 11.6 Å². The molecule has 0 aliphatic carbocycles. The van der Waals surface area contributed by atoms with Crippen LogP contribution in [0.1, 0.15) is 29.3 Å². The van der Waals surface area contributed by atoms with Crippen molar-refractivity contribution in [3.63, 3.8) is 0 Å². The van der Waals surface area contributed by atoms with Gasteiger partial charge in [-0.1, -0.05) is 43.1 Å². The molecule has 1 heterocycles. The minimum atomic E-state index is -0.543. The number of amides is 1. The van der Waals surface area contributed by atoms with Crippen LogP contribution < -0.4 is 5.32 Å². The Labute approximate surface area is 167 Å². The number of nitrogens with zero attached hydrogens (tertiary/aromatic N) is 2. The van der Waals surface area contributed by atoms with Crippen molar-refractivity contribution in [2.45, 2.75) is 19.8 Å². The highest BCUT2D eigenvalue weighted by Gasteiger charge is 2.13. The number of carbonyl (C=O) groups excluding carboxylic acids is 1. The maximum absolute atomic E-state index is 12.4. The molecule has 0 spiro atoms. The number of hydrogen-bond acceptors (Lipinski definition) is 4. The second-order valence-electron chi connectivity index (χ2n) is 6.25. The fourth-order valence-corrected chi connectivity index (χ4v) is 2.96. The van der Waals surface area contributed by atoms with E-state index < -0.39 is 4.92 Å². The van der Waals surface area contributed by atoms with Crippen molar-refractivity contribution in [3.8, 4) is 11.3 Å². The number of pyridine rings is 1. The molecule has 0 saturated carbocycles. The van der Waals surface area contributed by atoms with Gasteiger partial charge in [0.2, 0.25) is 0 Å². The summed E-state index contributed by atoms with van der Waals surface area (Å²) in [6.45, 7) is 2.13. The molecule has 0 radical (unpaired) electrons. The fourth-order valence-electron chi connectivity index (χ4n) is 2.74. The number of rotatable bonds is 6. The number of non-ortho nitro benzene ring substituents is 1. The zero-order chi connectivity index (χ0) is 20.1. The lowest BCUT2D eigenvalue weighted by atomic mass is 10.1. The summed E-state index contributed by atoms with van der Waals surface area (Å²) >= 11 is 6.02. The van der Waals surface area contributed by atoms with Crippen molar-refractivity contribution in [3.05, 3.63) is 87.1 Å². The largest absolute Gasteiger partial charge is 0.321 e. The van der Waals surface area contributed by atoms with Crippen molar-refractivity contribution in [1.29, 1.82) is 0 Å². The number of nitro benzene ring substituents is 1. The molecule has 3 rings (SSSR count). The van der Waals surface area contributed by atoms with Gasteiger partial charge in [-0.2, -0.15) is 0 Å². The summed E-state index contributed by atoms with van der Waals surface area (Å²) in [6.07, 6.45) is 3.94. The summed E-state index contributed by atoms with van der Waals surface area (Å²) in [5.74, 6) is -0.353. The normalized spacial score (nSPS) is 10.5. The third kappa shape index (κ3) is 4.53. The second kappa shape index (κ2) is 8.63. The third-order valence-electron chi connectivity index (χ3n) is 4.22. The summed E-state index contributed by atoms with van der Waals surface area (Å²) in [4.78, 5) is 27.1. The highest BCUT2D eigenvalue weighted by Crippen LogP contribution is 2.27. The van der Waals surface area contributed by atoms with E-state index in [1.165, 1.54) is 23.8 Å². The van der Waals surface area contributed by atoms with Crippen LogP contribution in [0.15, 0.2) is 60.8 Å². The number of aryl methyl sites for hydroxylation is 1. The van der Waals surface area contributed by atoms with Crippen LogP contribution in [0.3, 0.4) is 0 Å². The second-order valence-corrected chi connectivity index (χ2v) is 6.66. The first-order valence-corrected chi connectivity index (χ1v) is 9.16. The van der Waals surface area contributed by atoms with Gasteiger partial charge in [-0.05, 0) is 36.2 Å². The maximum atomic E-state index is 12.4. The molecule has 0 aliphatic rings. The Morgan fingerprint density at radius 1 is 1.14 bits per heavy atom. The molecule has 1 amide bonds. The van der Waals surface area contributed by atoms with Crippen molar-refractivity contribution in [2.24, 2.45) is 0 Å². The summed E-state index contributed by atoms with van der Waals surface area (Å²) in [5, 5.41) is 13.5. The molecule has 0 fully saturated rings. The van der Waals surface area contributed by atoms with Crippen molar-refractivity contribution in [1.82, 2.24) is 4.98 Å². The molecule has 3 aromatic rings. The van der Waals surface area contributed by atoms with Gasteiger partial charge in [-0.3, -0.25) is 19.9 Å². The summed E-state index contributed by atoms with van der Waals surface area (Å²) in [7, 11) is 0. The molecule has 6 nitrogen and oxygen atoms in total. The van der Waals surface area contributed by atoms with Crippen molar-refractivity contribution in [2.75, 3.05) is 5.32 Å². The minimum absolute atomic E-state index is 0.107. The average Bonchev–Trinajstić information content (AvgIpc) is 2.70. The monoisotopic (exact) mass is 395 g/mol. The van der Waals surface area contributed by atoms with E-state index >= 15 is 0 Å². The van der Waals surface area contributed by atoms with Crippen molar-refractivity contribution >= 4 is 28.9 Å². The molecule has 0 saturated heterocycles. The first-order chi connectivity index (χ1) is 13.5. The molecule has 0 aliphatic heterocycles. The van der Waals surface area contributed by atoms with Crippen LogP contribution >= 0.6 is 11.6 Å². The Hall–Kier alpha value is -3.25. The van der Waals surface area contributed by atoms with Gasteiger partial charge in [-0.15, -0.1) is 0 Å². The SMILES string of the molecule is CCCc1ccc(-c2ccc(C(=O)Nc3ccc([N+](=O)[O-])cc3Cl)cc2)nc1. The van der Waals surface area contributed by atoms with E-state index in [4.69, 9.17) is 11.6 Å². The first kappa shape index (κ1) is 19.5. The van der Waals surface area contributed by atoms with Crippen LogP contribution in [-0.2, 0) is 6.42 Å². The van der Waals surface area contributed by atoms with Gasteiger partial charge in [0, 0.05) is 29.5 Å². The molecule has 142 valence electrons. The minimum Gasteiger partial charge on any atom is -0.321 e. The Morgan fingerprint density at radius 3 is 2.46 bits per heavy atom. The summed E-state index contributed by atoms with van der Waals surface area (Å²) in [5.41, 5.74) is 3.57. The highest BCUT2D eigenvalue weighted by molar-refractivity contribution is 6.34. The fraction of sp³-hybridized carbons (Fsp3) is 0.143. The zero-order valence-electron chi connectivity index (χ0n) is 15.2. The van der Waals surface area contributed by atoms with Gasteiger partial charge >= 0.3 is 0 Å². The number of nitro groups is 1. The molecular formula is C21H18ClN3O3. The summed E-state index contributed by atoms with van der Waals surface area (Å²) < 4.78 is 0. The number of benzene rings is 2. The number of nitrogens with one attached hydrogen (secondary N) is 1. The molecule has 0 atom stereocenters. The molecule has 0 bridgehead atoms. The van der Waals surface area contributed by atoms with Crippen molar-refractivity contribution < 1.29 is 9.72 Å². The Morgan fingerprint density at radius 2 is 1.89 bits per heavy atom. The maximum Gasteiger partial charge on any atom is 0.271 e. The van der Waals surface area contributed by atoms with E-state index in [0.29, 0.717) is 11.3 Å². The third-order valence-corrected chi connectivity index (χ3v) is 4.53. The highest BCUT2D eigenvalue weighted by atomic mass is 35.5.